The molecule has 2 fully saturated rings. The van der Waals surface area contributed by atoms with Crippen LogP contribution in [0.15, 0.2) is 24.4 Å². The molecule has 0 spiro atoms. The van der Waals surface area contributed by atoms with Crippen molar-refractivity contribution in [2.24, 2.45) is 11.8 Å². The molecule has 0 saturated carbocycles. The van der Waals surface area contributed by atoms with Gasteiger partial charge >= 0.3 is 0 Å². The van der Waals surface area contributed by atoms with Crippen LogP contribution in [0.2, 0.25) is 0 Å². The van der Waals surface area contributed by atoms with E-state index < -0.39 is 0 Å². The molecule has 0 amide bonds. The molecule has 2 aliphatic heterocycles. The van der Waals surface area contributed by atoms with Crippen LogP contribution in [0, 0.1) is 22.0 Å². The number of hydrogen-bond acceptors (Lipinski definition) is 5. The Morgan fingerprint density at radius 3 is 2.52 bits per heavy atom. The number of hydrogen-bond donors (Lipinski definition) is 0. The Balaban J connectivity index is 1.32. The van der Waals surface area contributed by atoms with Crippen molar-refractivity contribution in [3.05, 3.63) is 34.5 Å². The van der Waals surface area contributed by atoms with Crippen LogP contribution in [-0.2, 0) is 6.67 Å². The van der Waals surface area contributed by atoms with Gasteiger partial charge in [0.2, 0.25) is 0 Å². The molecule has 0 atom stereocenters. The van der Waals surface area contributed by atoms with Gasteiger partial charge in [0, 0.05) is 37.2 Å². The molecule has 0 aliphatic carbocycles. The smallest absolute Gasteiger partial charge is 0.271 e. The van der Waals surface area contributed by atoms with Crippen LogP contribution in [0.3, 0.4) is 0 Å². The lowest BCUT2D eigenvalue weighted by atomic mass is 9.93. The Morgan fingerprint density at radius 1 is 1.11 bits per heavy atom. The van der Waals surface area contributed by atoms with E-state index in [4.69, 9.17) is 0 Å². The summed E-state index contributed by atoms with van der Waals surface area (Å²) in [5.74, 6) is 1.69. The van der Waals surface area contributed by atoms with Gasteiger partial charge in [-0.2, -0.15) is 5.10 Å². The minimum atomic E-state index is -0.344. The van der Waals surface area contributed by atoms with Gasteiger partial charge in [-0.1, -0.05) is 6.92 Å². The number of piperidine rings is 2. The average Bonchev–Trinajstić information content (AvgIpc) is 3.07. The first-order chi connectivity index (χ1) is 13.1. The van der Waals surface area contributed by atoms with Crippen LogP contribution in [0.5, 0.6) is 0 Å². The van der Waals surface area contributed by atoms with E-state index >= 15 is 0 Å². The highest BCUT2D eigenvalue weighted by Gasteiger charge is 2.24. The number of aromatic nitrogens is 2. The second kappa shape index (κ2) is 7.94. The van der Waals surface area contributed by atoms with Gasteiger partial charge in [0.1, 0.15) is 0 Å². The molecular formula is C20H29N5O2. The summed E-state index contributed by atoms with van der Waals surface area (Å²) >= 11 is 0. The molecule has 7 heteroatoms. The molecule has 7 nitrogen and oxygen atoms in total. The standard InChI is InChI=1S/C20H29N5O2/c1-16-4-8-22(9-5-16)14-17-6-10-23(11-7-17)15-24-20-12-19(25(26)27)3-2-18(20)13-21-24/h2-3,12-13,16-17H,4-11,14-15H2,1H3. The molecule has 4 rings (SSSR count). The van der Waals surface area contributed by atoms with Crippen LogP contribution < -0.4 is 0 Å². The fourth-order valence-electron chi connectivity index (χ4n) is 4.39. The van der Waals surface area contributed by atoms with E-state index in [0.717, 1.165) is 35.8 Å². The van der Waals surface area contributed by atoms with Crippen LogP contribution in [0.1, 0.15) is 32.6 Å². The predicted octanol–water partition coefficient (Wildman–Crippen LogP) is 3.35. The van der Waals surface area contributed by atoms with Gasteiger partial charge in [0.05, 0.1) is 23.3 Å². The zero-order chi connectivity index (χ0) is 18.8. The molecule has 2 saturated heterocycles. The van der Waals surface area contributed by atoms with Crippen molar-refractivity contribution in [3.8, 4) is 0 Å². The lowest BCUT2D eigenvalue weighted by Crippen LogP contribution is -2.41. The first-order valence-electron chi connectivity index (χ1n) is 10.1. The van der Waals surface area contributed by atoms with Crippen molar-refractivity contribution in [1.82, 2.24) is 19.6 Å². The topological polar surface area (TPSA) is 67.4 Å². The number of nitro benzene ring substituents is 1. The molecule has 0 radical (unpaired) electrons. The lowest BCUT2D eigenvalue weighted by molar-refractivity contribution is -0.384. The number of rotatable bonds is 5. The molecule has 1 aromatic carbocycles. The molecule has 146 valence electrons. The lowest BCUT2D eigenvalue weighted by Gasteiger charge is -2.37. The zero-order valence-corrected chi connectivity index (χ0v) is 16.1. The van der Waals surface area contributed by atoms with E-state index in [1.54, 1.807) is 24.4 Å². The molecule has 2 aliphatic rings. The Hall–Kier alpha value is -1.99. The van der Waals surface area contributed by atoms with Crippen molar-refractivity contribution in [2.75, 3.05) is 32.7 Å². The molecule has 2 aromatic rings. The fraction of sp³-hybridized carbons (Fsp3) is 0.650. The van der Waals surface area contributed by atoms with E-state index in [2.05, 4.69) is 21.8 Å². The number of fused-ring (bicyclic) bond motifs is 1. The van der Waals surface area contributed by atoms with Gasteiger partial charge < -0.3 is 4.90 Å². The Labute approximate surface area is 160 Å². The summed E-state index contributed by atoms with van der Waals surface area (Å²) in [5.41, 5.74) is 0.965. The highest BCUT2D eigenvalue weighted by atomic mass is 16.6. The predicted molar refractivity (Wildman–Crippen MR) is 106 cm³/mol. The number of nitrogens with zero attached hydrogens (tertiary/aromatic N) is 5. The van der Waals surface area contributed by atoms with Crippen molar-refractivity contribution >= 4 is 16.6 Å². The monoisotopic (exact) mass is 371 g/mol. The van der Waals surface area contributed by atoms with E-state index in [1.807, 2.05) is 4.68 Å². The van der Waals surface area contributed by atoms with Gasteiger partial charge in [-0.05, 0) is 56.7 Å². The second-order valence-electron chi connectivity index (χ2n) is 8.33. The van der Waals surface area contributed by atoms with E-state index in [-0.39, 0.29) is 10.6 Å². The first-order valence-corrected chi connectivity index (χ1v) is 10.1. The maximum atomic E-state index is 11.0. The maximum absolute atomic E-state index is 11.0. The summed E-state index contributed by atoms with van der Waals surface area (Å²) in [7, 11) is 0. The van der Waals surface area contributed by atoms with Crippen molar-refractivity contribution in [1.29, 1.82) is 0 Å². The molecule has 0 unspecified atom stereocenters. The van der Waals surface area contributed by atoms with Crippen molar-refractivity contribution < 1.29 is 4.92 Å². The third-order valence-electron chi connectivity index (χ3n) is 6.27. The normalized spacial score (nSPS) is 21.1. The molecule has 3 heterocycles. The van der Waals surface area contributed by atoms with Gasteiger partial charge in [-0.25, -0.2) is 0 Å². The zero-order valence-electron chi connectivity index (χ0n) is 16.1. The number of non-ortho nitro benzene ring substituents is 1. The number of nitro groups is 1. The largest absolute Gasteiger partial charge is 0.303 e. The van der Waals surface area contributed by atoms with E-state index in [0.29, 0.717) is 6.67 Å². The fourth-order valence-corrected chi connectivity index (χ4v) is 4.39. The molecule has 27 heavy (non-hydrogen) atoms. The van der Waals surface area contributed by atoms with Gasteiger partial charge in [0.15, 0.2) is 0 Å². The summed E-state index contributed by atoms with van der Waals surface area (Å²) < 4.78 is 1.90. The minimum absolute atomic E-state index is 0.124. The van der Waals surface area contributed by atoms with Crippen LogP contribution in [-0.4, -0.2) is 57.2 Å². The Kier molecular flexibility index (Phi) is 5.41. The number of benzene rings is 1. The SMILES string of the molecule is CC1CCN(CC2CCN(Cn3ncc4ccc([N+](=O)[O-])cc43)CC2)CC1. The third-order valence-corrected chi connectivity index (χ3v) is 6.27. The summed E-state index contributed by atoms with van der Waals surface area (Å²) in [5, 5.41) is 16.5. The van der Waals surface area contributed by atoms with Crippen molar-refractivity contribution in [3.63, 3.8) is 0 Å². The average molecular weight is 371 g/mol. The Morgan fingerprint density at radius 2 is 1.81 bits per heavy atom. The van der Waals surface area contributed by atoms with Gasteiger partial charge in [-0.15, -0.1) is 0 Å². The Bertz CT molecular complexity index is 789. The molecule has 1 aromatic heterocycles. The molecular weight excluding hydrogens is 342 g/mol. The highest BCUT2D eigenvalue weighted by molar-refractivity contribution is 5.80. The summed E-state index contributed by atoms with van der Waals surface area (Å²) in [6.07, 6.45) is 6.94. The number of likely N-dealkylation sites (tertiary alicyclic amines) is 2. The van der Waals surface area contributed by atoms with Crippen LogP contribution in [0.25, 0.3) is 10.9 Å². The third kappa shape index (κ3) is 4.30. The first kappa shape index (κ1) is 18.4. The quantitative estimate of drug-likeness (QED) is 0.596. The minimum Gasteiger partial charge on any atom is -0.303 e. The van der Waals surface area contributed by atoms with Gasteiger partial charge in [-0.3, -0.25) is 19.7 Å². The van der Waals surface area contributed by atoms with E-state index in [9.17, 15) is 10.1 Å². The molecule has 0 N–H and O–H groups in total. The summed E-state index contributed by atoms with van der Waals surface area (Å²) in [4.78, 5) is 15.8. The summed E-state index contributed by atoms with van der Waals surface area (Å²) in [6.45, 7) is 8.99. The molecule has 0 bridgehead atoms. The van der Waals surface area contributed by atoms with Crippen LogP contribution in [0.4, 0.5) is 5.69 Å². The maximum Gasteiger partial charge on any atom is 0.271 e. The van der Waals surface area contributed by atoms with Crippen molar-refractivity contribution in [2.45, 2.75) is 39.3 Å². The van der Waals surface area contributed by atoms with Gasteiger partial charge in [0.25, 0.3) is 5.69 Å². The van der Waals surface area contributed by atoms with E-state index in [1.165, 1.54) is 45.3 Å². The second-order valence-corrected chi connectivity index (χ2v) is 8.33. The van der Waals surface area contributed by atoms with Crippen LogP contribution >= 0.6 is 0 Å². The highest BCUT2D eigenvalue weighted by Crippen LogP contribution is 2.24. The summed E-state index contributed by atoms with van der Waals surface area (Å²) in [6, 6.07) is 4.95.